The predicted octanol–water partition coefficient (Wildman–Crippen LogP) is 3.97. The molecule has 0 radical (unpaired) electrons. The average Bonchev–Trinajstić information content (AvgIpc) is 2.39. The quantitative estimate of drug-likeness (QED) is 0.858. The molecule has 4 heteroatoms. The molecule has 2 N–H and O–H groups in total. The number of hydrogen-bond donors (Lipinski definition) is 1. The monoisotopic (exact) mass is 335 g/mol. The number of nitrogens with two attached hydrogens (primary N) is 1. The first kappa shape index (κ1) is 14.0. The number of hydrogen-bond acceptors (Lipinski definition) is 2. The average molecular weight is 336 g/mol. The third-order valence-corrected chi connectivity index (χ3v) is 3.46. The number of ether oxygens (including phenoxy) is 1. The number of benzene rings is 2. The molecule has 0 aliphatic rings. The van der Waals surface area contributed by atoms with Gasteiger partial charge in [0.2, 0.25) is 0 Å². The zero-order chi connectivity index (χ0) is 13.8. The van der Waals surface area contributed by atoms with E-state index in [9.17, 15) is 0 Å². The maximum absolute atomic E-state index is 5.80. The van der Waals surface area contributed by atoms with Gasteiger partial charge < -0.3 is 10.5 Å². The second-order valence-corrected chi connectivity index (χ2v) is 5.63. The van der Waals surface area contributed by atoms with Crippen LogP contribution in [0, 0.1) is 6.92 Å². The van der Waals surface area contributed by atoms with E-state index in [1.54, 1.807) is 0 Å². The van der Waals surface area contributed by atoms with Crippen LogP contribution in [0.4, 0.5) is 0 Å². The van der Waals surface area contributed by atoms with Crippen molar-refractivity contribution in [3.05, 3.63) is 63.6 Å². The van der Waals surface area contributed by atoms with E-state index in [2.05, 4.69) is 15.9 Å². The highest BCUT2D eigenvalue weighted by atomic mass is 79.9. The summed E-state index contributed by atoms with van der Waals surface area (Å²) in [6, 6.07) is 13.8. The van der Waals surface area contributed by atoms with Crippen LogP contribution < -0.4 is 10.5 Å². The summed E-state index contributed by atoms with van der Waals surface area (Å²) >= 11 is 8.45. The van der Waals surface area contributed by atoms with Gasteiger partial charge in [-0.05, 0) is 36.8 Å². The first-order chi connectivity index (χ1) is 9.06. The highest BCUT2D eigenvalue weighted by Gasteiger charge is 2.07. The molecule has 0 fully saturated rings. The highest BCUT2D eigenvalue weighted by Crippen LogP contribution is 2.21. The van der Waals surface area contributed by atoms with Gasteiger partial charge in [-0.1, -0.05) is 51.9 Å². The van der Waals surface area contributed by atoms with Crippen molar-refractivity contribution in [2.24, 2.45) is 5.73 Å². The molecule has 98 valence electrons. The Hall–Kier alpha value is -1.39. The summed E-state index contributed by atoms with van der Waals surface area (Å²) in [5.41, 5.74) is 8.71. The lowest BCUT2D eigenvalue weighted by Crippen LogP contribution is -2.12. The first-order valence-electron chi connectivity index (χ1n) is 5.84. The highest BCUT2D eigenvalue weighted by molar-refractivity contribution is 9.10. The lowest BCUT2D eigenvalue weighted by molar-refractivity contribution is 0.305. The van der Waals surface area contributed by atoms with Crippen LogP contribution in [0.2, 0.25) is 0 Å². The topological polar surface area (TPSA) is 35.2 Å². The Balaban J connectivity index is 2.15. The van der Waals surface area contributed by atoms with Crippen molar-refractivity contribution in [1.82, 2.24) is 0 Å². The molecule has 0 bridgehead atoms. The van der Waals surface area contributed by atoms with Crippen LogP contribution in [0.25, 0.3) is 0 Å². The van der Waals surface area contributed by atoms with Gasteiger partial charge >= 0.3 is 0 Å². The van der Waals surface area contributed by atoms with Crippen molar-refractivity contribution in [1.29, 1.82) is 0 Å². The molecule has 0 spiro atoms. The van der Waals surface area contributed by atoms with E-state index in [1.807, 2.05) is 49.4 Å². The molecule has 0 saturated heterocycles. The van der Waals surface area contributed by atoms with Crippen molar-refractivity contribution >= 4 is 33.1 Å². The summed E-state index contributed by atoms with van der Waals surface area (Å²) in [4.78, 5) is 0.356. The Labute approximate surface area is 126 Å². The fraction of sp³-hybridized carbons (Fsp3) is 0.133. The van der Waals surface area contributed by atoms with Crippen molar-refractivity contribution in [2.75, 3.05) is 0 Å². The molecule has 0 aromatic heterocycles. The molecule has 0 atom stereocenters. The Morgan fingerprint density at radius 1 is 1.21 bits per heavy atom. The van der Waals surface area contributed by atoms with E-state index in [-0.39, 0.29) is 0 Å². The maximum Gasteiger partial charge on any atom is 0.130 e. The summed E-state index contributed by atoms with van der Waals surface area (Å²) in [5.74, 6) is 0.723. The molecule has 2 rings (SSSR count). The van der Waals surface area contributed by atoms with Crippen LogP contribution >= 0.6 is 28.1 Å². The SMILES string of the molecule is Cc1ccc(OCc2ccc(Br)cc2)c(C(N)=S)c1. The van der Waals surface area contributed by atoms with Gasteiger partial charge in [0, 0.05) is 4.47 Å². The second kappa shape index (κ2) is 6.17. The molecule has 2 aromatic rings. The van der Waals surface area contributed by atoms with Gasteiger partial charge in [-0.15, -0.1) is 0 Å². The van der Waals surface area contributed by atoms with Gasteiger partial charge in [0.25, 0.3) is 0 Å². The molecule has 0 saturated carbocycles. The van der Waals surface area contributed by atoms with Crippen molar-refractivity contribution in [3.8, 4) is 5.75 Å². The van der Waals surface area contributed by atoms with E-state index >= 15 is 0 Å². The Morgan fingerprint density at radius 3 is 2.53 bits per heavy atom. The van der Waals surface area contributed by atoms with Gasteiger partial charge in [-0.2, -0.15) is 0 Å². The molecular weight excluding hydrogens is 322 g/mol. The lowest BCUT2D eigenvalue weighted by Gasteiger charge is -2.11. The smallest absolute Gasteiger partial charge is 0.130 e. The Morgan fingerprint density at radius 2 is 1.89 bits per heavy atom. The lowest BCUT2D eigenvalue weighted by atomic mass is 10.1. The molecule has 0 aliphatic heterocycles. The normalized spacial score (nSPS) is 10.2. The Bertz CT molecular complexity index is 596. The third kappa shape index (κ3) is 3.78. The summed E-state index contributed by atoms with van der Waals surface area (Å²) in [6.45, 7) is 2.49. The minimum Gasteiger partial charge on any atom is -0.488 e. The Kier molecular flexibility index (Phi) is 4.56. The summed E-state index contributed by atoms with van der Waals surface area (Å²) in [7, 11) is 0. The molecule has 0 heterocycles. The fourth-order valence-electron chi connectivity index (χ4n) is 1.70. The maximum atomic E-state index is 5.80. The standard InChI is InChI=1S/C15H14BrNOS/c1-10-2-7-14(13(8-10)15(17)19)18-9-11-3-5-12(16)6-4-11/h2-8H,9H2,1H3,(H2,17,19). The fourth-order valence-corrected chi connectivity index (χ4v) is 2.13. The molecule has 19 heavy (non-hydrogen) atoms. The summed E-state index contributed by atoms with van der Waals surface area (Å²) in [6.07, 6.45) is 0. The van der Waals surface area contributed by atoms with Crippen LogP contribution in [-0.2, 0) is 6.61 Å². The third-order valence-electron chi connectivity index (χ3n) is 2.71. The molecule has 2 nitrogen and oxygen atoms in total. The zero-order valence-electron chi connectivity index (χ0n) is 10.5. The van der Waals surface area contributed by atoms with Crippen molar-refractivity contribution in [2.45, 2.75) is 13.5 Å². The van der Waals surface area contributed by atoms with Crippen LogP contribution in [0.3, 0.4) is 0 Å². The van der Waals surface area contributed by atoms with Crippen molar-refractivity contribution in [3.63, 3.8) is 0 Å². The minimum absolute atomic E-state index is 0.356. The number of aryl methyl sites for hydroxylation is 1. The predicted molar refractivity (Wildman–Crippen MR) is 85.5 cm³/mol. The van der Waals surface area contributed by atoms with Crippen LogP contribution in [0.1, 0.15) is 16.7 Å². The molecule has 2 aromatic carbocycles. The second-order valence-electron chi connectivity index (χ2n) is 4.28. The number of rotatable bonds is 4. The number of thiocarbonyl (C=S) groups is 1. The van der Waals surface area contributed by atoms with E-state index in [4.69, 9.17) is 22.7 Å². The van der Waals surface area contributed by atoms with Gasteiger partial charge in [-0.3, -0.25) is 0 Å². The largest absolute Gasteiger partial charge is 0.488 e. The van der Waals surface area contributed by atoms with Gasteiger partial charge in [0.15, 0.2) is 0 Å². The van der Waals surface area contributed by atoms with Crippen LogP contribution in [0.15, 0.2) is 46.9 Å². The molecular formula is C15H14BrNOS. The van der Waals surface area contributed by atoms with Crippen molar-refractivity contribution < 1.29 is 4.74 Å². The zero-order valence-corrected chi connectivity index (χ0v) is 12.9. The van der Waals surface area contributed by atoms with E-state index in [0.29, 0.717) is 11.6 Å². The van der Waals surface area contributed by atoms with Crippen LogP contribution in [0.5, 0.6) is 5.75 Å². The van der Waals surface area contributed by atoms with Gasteiger partial charge in [0.05, 0.1) is 5.56 Å². The minimum atomic E-state index is 0.356. The molecule has 0 aliphatic carbocycles. The molecule has 0 unspecified atom stereocenters. The van der Waals surface area contributed by atoms with Gasteiger partial charge in [-0.25, -0.2) is 0 Å². The van der Waals surface area contributed by atoms with E-state index < -0.39 is 0 Å². The summed E-state index contributed by atoms with van der Waals surface area (Å²) < 4.78 is 6.85. The summed E-state index contributed by atoms with van der Waals surface area (Å²) in [5, 5.41) is 0. The first-order valence-corrected chi connectivity index (χ1v) is 7.04. The van der Waals surface area contributed by atoms with E-state index in [1.165, 1.54) is 0 Å². The van der Waals surface area contributed by atoms with E-state index in [0.717, 1.165) is 26.9 Å². The number of halogens is 1. The van der Waals surface area contributed by atoms with Gasteiger partial charge in [0.1, 0.15) is 17.3 Å². The van der Waals surface area contributed by atoms with Crippen LogP contribution in [-0.4, -0.2) is 4.99 Å². The molecule has 0 amide bonds.